The Morgan fingerprint density at radius 3 is 2.50 bits per heavy atom. The van der Waals surface area contributed by atoms with Gasteiger partial charge in [-0.15, -0.1) is 11.3 Å². The van der Waals surface area contributed by atoms with Crippen LogP contribution in [0.4, 0.5) is 0 Å². The summed E-state index contributed by atoms with van der Waals surface area (Å²) in [4.78, 5) is 13.9. The summed E-state index contributed by atoms with van der Waals surface area (Å²) in [6, 6.07) is 11.3. The molecular weight excluding hydrogens is 412 g/mol. The smallest absolute Gasteiger partial charge is 0.261 e. The van der Waals surface area contributed by atoms with Gasteiger partial charge in [-0.1, -0.05) is 28.1 Å². The second kappa shape index (κ2) is 8.24. The van der Waals surface area contributed by atoms with Crippen molar-refractivity contribution in [3.63, 3.8) is 0 Å². The van der Waals surface area contributed by atoms with E-state index in [4.69, 9.17) is 0 Å². The Morgan fingerprint density at radius 1 is 1.21 bits per heavy atom. The lowest BCUT2D eigenvalue weighted by atomic mass is 10.1. The van der Waals surface area contributed by atoms with Crippen LogP contribution in [0.1, 0.15) is 33.1 Å². The molecule has 1 atom stereocenters. The van der Waals surface area contributed by atoms with Gasteiger partial charge in [0.2, 0.25) is 10.0 Å². The maximum atomic E-state index is 12.3. The number of carbonyl (C=O) groups excluding carboxylic acids is 1. The van der Waals surface area contributed by atoms with Gasteiger partial charge >= 0.3 is 0 Å². The van der Waals surface area contributed by atoms with Gasteiger partial charge in [0.25, 0.3) is 5.91 Å². The topological polar surface area (TPSA) is 75.3 Å². The average molecular weight is 431 g/mol. The van der Waals surface area contributed by atoms with Crippen molar-refractivity contribution in [2.24, 2.45) is 0 Å². The SMILES string of the molecule is CC(NC(=O)c1ccc(CCNS(C)(=O)=O)s1)c1ccc(Br)cc1. The van der Waals surface area contributed by atoms with Crippen LogP contribution in [0.3, 0.4) is 0 Å². The number of benzene rings is 1. The van der Waals surface area contributed by atoms with Crippen molar-refractivity contribution in [2.45, 2.75) is 19.4 Å². The van der Waals surface area contributed by atoms with E-state index in [0.717, 1.165) is 21.2 Å². The van der Waals surface area contributed by atoms with Crippen LogP contribution >= 0.6 is 27.3 Å². The molecule has 1 amide bonds. The number of thiophene rings is 1. The van der Waals surface area contributed by atoms with Gasteiger partial charge in [0, 0.05) is 15.9 Å². The second-order valence-corrected chi connectivity index (χ2v) is 9.35. The minimum absolute atomic E-state index is 0.0944. The molecule has 1 heterocycles. The summed E-state index contributed by atoms with van der Waals surface area (Å²) < 4.78 is 25.5. The highest BCUT2D eigenvalue weighted by atomic mass is 79.9. The van der Waals surface area contributed by atoms with E-state index >= 15 is 0 Å². The van der Waals surface area contributed by atoms with Crippen LogP contribution in [-0.2, 0) is 16.4 Å². The van der Waals surface area contributed by atoms with E-state index in [1.165, 1.54) is 11.3 Å². The number of hydrogen-bond donors (Lipinski definition) is 2. The van der Waals surface area contributed by atoms with Crippen LogP contribution in [0.25, 0.3) is 0 Å². The molecular formula is C16H19BrN2O3S2. The Balaban J connectivity index is 1.92. The average Bonchev–Trinajstić information content (AvgIpc) is 2.95. The van der Waals surface area contributed by atoms with Crippen LogP contribution in [0.5, 0.6) is 0 Å². The third kappa shape index (κ3) is 6.01. The van der Waals surface area contributed by atoms with E-state index < -0.39 is 10.0 Å². The molecule has 1 aromatic heterocycles. The van der Waals surface area contributed by atoms with Crippen molar-refractivity contribution in [1.29, 1.82) is 0 Å². The Labute approximate surface area is 154 Å². The van der Waals surface area contributed by atoms with Crippen molar-refractivity contribution in [3.05, 3.63) is 56.2 Å². The molecule has 0 bridgehead atoms. The number of nitrogens with one attached hydrogen (secondary N) is 2. The van der Waals surface area contributed by atoms with Crippen LogP contribution < -0.4 is 10.0 Å². The van der Waals surface area contributed by atoms with Gasteiger partial charge in [0.15, 0.2) is 0 Å². The molecule has 1 unspecified atom stereocenters. The van der Waals surface area contributed by atoms with Crippen molar-refractivity contribution < 1.29 is 13.2 Å². The van der Waals surface area contributed by atoms with E-state index in [1.54, 1.807) is 6.07 Å². The molecule has 24 heavy (non-hydrogen) atoms. The predicted octanol–water partition coefficient (Wildman–Crippen LogP) is 3.09. The molecule has 0 aliphatic carbocycles. The first-order valence-electron chi connectivity index (χ1n) is 7.34. The number of carbonyl (C=O) groups is 1. The van der Waals surface area contributed by atoms with E-state index in [2.05, 4.69) is 26.0 Å². The molecule has 0 radical (unpaired) electrons. The van der Waals surface area contributed by atoms with Gasteiger partial charge in [0.05, 0.1) is 17.2 Å². The van der Waals surface area contributed by atoms with Crippen LogP contribution in [0.2, 0.25) is 0 Å². The third-order valence-electron chi connectivity index (χ3n) is 3.34. The predicted molar refractivity (Wildman–Crippen MR) is 101 cm³/mol. The maximum absolute atomic E-state index is 12.3. The van der Waals surface area contributed by atoms with Gasteiger partial charge in [-0.3, -0.25) is 4.79 Å². The van der Waals surface area contributed by atoms with Gasteiger partial charge < -0.3 is 5.32 Å². The standard InChI is InChI=1S/C16H19BrN2O3S2/c1-11(12-3-5-13(17)6-4-12)19-16(20)15-8-7-14(23-15)9-10-18-24(2,21)22/h3-8,11,18H,9-10H2,1-2H3,(H,19,20). The molecule has 0 fully saturated rings. The van der Waals surface area contributed by atoms with E-state index in [1.807, 2.05) is 37.3 Å². The lowest BCUT2D eigenvalue weighted by molar-refractivity contribution is 0.0944. The number of halogens is 1. The van der Waals surface area contributed by atoms with Gasteiger partial charge in [-0.2, -0.15) is 0 Å². The number of hydrogen-bond acceptors (Lipinski definition) is 4. The number of amides is 1. The Kier molecular flexibility index (Phi) is 6.56. The summed E-state index contributed by atoms with van der Waals surface area (Å²) in [7, 11) is -3.18. The highest BCUT2D eigenvalue weighted by molar-refractivity contribution is 9.10. The quantitative estimate of drug-likeness (QED) is 0.708. The van der Waals surface area contributed by atoms with Crippen molar-refractivity contribution in [1.82, 2.24) is 10.0 Å². The zero-order chi connectivity index (χ0) is 17.7. The first-order valence-corrected chi connectivity index (χ1v) is 10.8. The molecule has 130 valence electrons. The Hall–Kier alpha value is -1.22. The molecule has 5 nitrogen and oxygen atoms in total. The molecule has 0 aliphatic rings. The molecule has 8 heteroatoms. The monoisotopic (exact) mass is 430 g/mol. The molecule has 0 saturated carbocycles. The zero-order valence-electron chi connectivity index (χ0n) is 13.4. The molecule has 0 aliphatic heterocycles. The van der Waals surface area contributed by atoms with Crippen molar-refractivity contribution in [3.8, 4) is 0 Å². The summed E-state index contributed by atoms with van der Waals surface area (Å²) >= 11 is 4.77. The van der Waals surface area contributed by atoms with Gasteiger partial charge in [-0.25, -0.2) is 13.1 Å². The fraction of sp³-hybridized carbons (Fsp3) is 0.312. The Bertz CT molecular complexity index is 801. The first kappa shape index (κ1) is 19.1. The number of sulfonamides is 1. The van der Waals surface area contributed by atoms with E-state index in [-0.39, 0.29) is 11.9 Å². The van der Waals surface area contributed by atoms with Crippen molar-refractivity contribution >= 4 is 43.2 Å². The summed E-state index contributed by atoms with van der Waals surface area (Å²) in [5.41, 5.74) is 1.03. The highest BCUT2D eigenvalue weighted by Crippen LogP contribution is 2.20. The first-order chi connectivity index (χ1) is 11.2. The summed E-state index contributed by atoms with van der Waals surface area (Å²) in [5.74, 6) is -0.127. The highest BCUT2D eigenvalue weighted by Gasteiger charge is 2.13. The number of rotatable bonds is 7. The fourth-order valence-electron chi connectivity index (χ4n) is 2.10. The van der Waals surface area contributed by atoms with Crippen LogP contribution in [0, 0.1) is 0 Å². The molecule has 0 saturated heterocycles. The van der Waals surface area contributed by atoms with E-state index in [9.17, 15) is 13.2 Å². The normalized spacial score (nSPS) is 12.8. The third-order valence-corrected chi connectivity index (χ3v) is 5.74. The Morgan fingerprint density at radius 2 is 1.88 bits per heavy atom. The van der Waals surface area contributed by atoms with E-state index in [0.29, 0.717) is 17.8 Å². The summed E-state index contributed by atoms with van der Waals surface area (Å²) in [5, 5.41) is 2.97. The molecule has 0 spiro atoms. The second-order valence-electron chi connectivity index (χ2n) is 5.43. The molecule has 1 aromatic carbocycles. The summed E-state index contributed by atoms with van der Waals surface area (Å²) in [6.45, 7) is 2.27. The van der Waals surface area contributed by atoms with Gasteiger partial charge in [0.1, 0.15) is 0 Å². The van der Waals surface area contributed by atoms with Crippen LogP contribution in [0.15, 0.2) is 40.9 Å². The molecule has 2 aromatic rings. The minimum atomic E-state index is -3.18. The summed E-state index contributed by atoms with van der Waals surface area (Å²) in [6.07, 6.45) is 1.69. The lowest BCUT2D eigenvalue weighted by Crippen LogP contribution is -2.25. The van der Waals surface area contributed by atoms with Gasteiger partial charge in [-0.05, 0) is 43.2 Å². The molecule has 2 N–H and O–H groups in total. The lowest BCUT2D eigenvalue weighted by Gasteiger charge is -2.13. The minimum Gasteiger partial charge on any atom is -0.345 e. The largest absolute Gasteiger partial charge is 0.345 e. The van der Waals surface area contributed by atoms with Crippen LogP contribution in [-0.4, -0.2) is 27.1 Å². The zero-order valence-corrected chi connectivity index (χ0v) is 16.6. The molecule has 2 rings (SSSR count). The fourth-order valence-corrected chi connectivity index (χ4v) is 3.74. The van der Waals surface area contributed by atoms with Crippen molar-refractivity contribution in [2.75, 3.05) is 12.8 Å². The maximum Gasteiger partial charge on any atom is 0.261 e.